The number of rotatable bonds is 4. The minimum atomic E-state index is -6.25. The number of ether oxygens (including phenoxy) is 1. The summed E-state index contributed by atoms with van der Waals surface area (Å²) in [7, 11) is 0. The van der Waals surface area contributed by atoms with Crippen LogP contribution in [0.3, 0.4) is 0 Å². The first-order chi connectivity index (χ1) is 10.4. The molecule has 1 aromatic carbocycles. The van der Waals surface area contributed by atoms with Gasteiger partial charge in [-0.3, -0.25) is 4.79 Å². The standard InChI is InChI=1S/C13H9F7O3/c1-2-23-10(22)9(21)7-3-5-8(6-4-7)11(14,12(15,16)17)13(18,19)20/h3-6H,2H2,1H3. The number of hydrogen-bond acceptors (Lipinski definition) is 3. The first kappa shape index (κ1) is 18.9. The molecule has 0 aliphatic rings. The molecule has 0 heterocycles. The molecule has 0 fully saturated rings. The number of esters is 1. The Morgan fingerprint density at radius 2 is 1.35 bits per heavy atom. The van der Waals surface area contributed by atoms with Gasteiger partial charge in [0.25, 0.3) is 5.78 Å². The number of carbonyl (C=O) groups excluding carboxylic acids is 2. The fourth-order valence-corrected chi connectivity index (χ4v) is 1.65. The summed E-state index contributed by atoms with van der Waals surface area (Å²) in [6.07, 6.45) is -12.5. The maximum atomic E-state index is 13.7. The van der Waals surface area contributed by atoms with E-state index in [0.29, 0.717) is 12.1 Å². The molecular formula is C13H9F7O3. The molecule has 0 atom stereocenters. The lowest BCUT2D eigenvalue weighted by molar-refractivity contribution is -0.348. The second-order valence-electron chi connectivity index (χ2n) is 4.28. The van der Waals surface area contributed by atoms with Crippen LogP contribution in [-0.4, -0.2) is 30.7 Å². The summed E-state index contributed by atoms with van der Waals surface area (Å²) in [6.45, 7) is 1.23. The lowest BCUT2D eigenvalue weighted by Crippen LogP contribution is -2.50. The van der Waals surface area contributed by atoms with E-state index in [1.165, 1.54) is 6.92 Å². The van der Waals surface area contributed by atoms with Gasteiger partial charge in [-0.05, 0) is 6.92 Å². The van der Waals surface area contributed by atoms with Gasteiger partial charge in [-0.25, -0.2) is 9.18 Å². The van der Waals surface area contributed by atoms with Crippen molar-refractivity contribution in [1.82, 2.24) is 0 Å². The molecule has 128 valence electrons. The summed E-state index contributed by atoms with van der Waals surface area (Å²) in [5.74, 6) is -2.61. The van der Waals surface area contributed by atoms with Crippen LogP contribution in [0, 0.1) is 0 Å². The number of hydrogen-bond donors (Lipinski definition) is 0. The fourth-order valence-electron chi connectivity index (χ4n) is 1.65. The van der Waals surface area contributed by atoms with Gasteiger partial charge in [0.15, 0.2) is 0 Å². The molecule has 0 N–H and O–H groups in total. The topological polar surface area (TPSA) is 43.4 Å². The van der Waals surface area contributed by atoms with E-state index < -0.39 is 40.9 Å². The van der Waals surface area contributed by atoms with Crippen LogP contribution >= 0.6 is 0 Å². The summed E-state index contributed by atoms with van der Waals surface area (Å²) in [6, 6.07) is 1.27. The highest BCUT2D eigenvalue weighted by molar-refractivity contribution is 6.40. The van der Waals surface area contributed by atoms with Gasteiger partial charge in [0.2, 0.25) is 0 Å². The molecule has 0 amide bonds. The van der Waals surface area contributed by atoms with Crippen LogP contribution in [0.4, 0.5) is 30.7 Å². The van der Waals surface area contributed by atoms with Gasteiger partial charge in [-0.1, -0.05) is 24.3 Å². The van der Waals surface area contributed by atoms with Crippen LogP contribution in [-0.2, 0) is 15.2 Å². The zero-order chi connectivity index (χ0) is 18.1. The summed E-state index contributed by atoms with van der Waals surface area (Å²) in [5.41, 5.74) is -7.87. The third-order valence-electron chi connectivity index (χ3n) is 2.79. The lowest BCUT2D eigenvalue weighted by Gasteiger charge is -2.30. The van der Waals surface area contributed by atoms with Gasteiger partial charge in [0.05, 0.1) is 6.61 Å². The van der Waals surface area contributed by atoms with Crippen LogP contribution in [0.25, 0.3) is 0 Å². The second-order valence-corrected chi connectivity index (χ2v) is 4.28. The molecule has 0 aliphatic heterocycles. The smallest absolute Gasteiger partial charge is 0.435 e. The van der Waals surface area contributed by atoms with E-state index in [0.717, 1.165) is 0 Å². The minimum absolute atomic E-state index is 0.146. The van der Waals surface area contributed by atoms with Gasteiger partial charge < -0.3 is 4.74 Å². The normalized spacial score (nSPS) is 12.9. The predicted octanol–water partition coefficient (Wildman–Crippen LogP) is 3.72. The molecule has 3 nitrogen and oxygen atoms in total. The van der Waals surface area contributed by atoms with Gasteiger partial charge in [0.1, 0.15) is 0 Å². The quantitative estimate of drug-likeness (QED) is 0.361. The third-order valence-corrected chi connectivity index (χ3v) is 2.79. The second kappa shape index (κ2) is 6.17. The zero-order valence-corrected chi connectivity index (χ0v) is 11.4. The monoisotopic (exact) mass is 346 g/mol. The van der Waals surface area contributed by atoms with Crippen molar-refractivity contribution in [2.24, 2.45) is 0 Å². The van der Waals surface area contributed by atoms with Crippen LogP contribution < -0.4 is 0 Å². The van der Waals surface area contributed by atoms with Gasteiger partial charge >= 0.3 is 24.0 Å². The summed E-state index contributed by atoms with van der Waals surface area (Å²) in [4.78, 5) is 22.6. The van der Waals surface area contributed by atoms with Gasteiger partial charge in [-0.15, -0.1) is 0 Å². The van der Waals surface area contributed by atoms with Crippen molar-refractivity contribution in [2.75, 3.05) is 6.61 Å². The van der Waals surface area contributed by atoms with Crippen molar-refractivity contribution < 1.29 is 45.1 Å². The Bertz CT molecular complexity index is 573. The fraction of sp³-hybridized carbons (Fsp3) is 0.385. The van der Waals surface area contributed by atoms with Crippen molar-refractivity contribution in [2.45, 2.75) is 24.9 Å². The van der Waals surface area contributed by atoms with Crippen LogP contribution in [0.15, 0.2) is 24.3 Å². The molecule has 0 unspecified atom stereocenters. The zero-order valence-electron chi connectivity index (χ0n) is 11.4. The van der Waals surface area contributed by atoms with Crippen molar-refractivity contribution in [1.29, 1.82) is 0 Å². The number of carbonyl (C=O) groups is 2. The number of ketones is 1. The molecule has 10 heteroatoms. The maximum absolute atomic E-state index is 13.7. The number of alkyl halides is 7. The lowest BCUT2D eigenvalue weighted by atomic mass is 9.93. The largest absolute Gasteiger partial charge is 0.460 e. The molecule has 0 aromatic heterocycles. The molecule has 0 radical (unpaired) electrons. The average molecular weight is 346 g/mol. The van der Waals surface area contributed by atoms with Gasteiger partial charge in [-0.2, -0.15) is 26.3 Å². The minimum Gasteiger partial charge on any atom is -0.460 e. The Morgan fingerprint density at radius 3 is 1.70 bits per heavy atom. The highest BCUT2D eigenvalue weighted by atomic mass is 19.4. The van der Waals surface area contributed by atoms with E-state index >= 15 is 0 Å². The first-order valence-electron chi connectivity index (χ1n) is 6.00. The summed E-state index contributed by atoms with van der Waals surface area (Å²) >= 11 is 0. The summed E-state index contributed by atoms with van der Waals surface area (Å²) in [5, 5.41) is 0. The van der Waals surface area contributed by atoms with Crippen molar-refractivity contribution >= 4 is 11.8 Å². The van der Waals surface area contributed by atoms with Crippen molar-refractivity contribution in [3.63, 3.8) is 0 Å². The predicted molar refractivity (Wildman–Crippen MR) is 62.3 cm³/mol. The maximum Gasteiger partial charge on any atom is 0.435 e. The average Bonchev–Trinajstić information content (AvgIpc) is 2.43. The van der Waals surface area contributed by atoms with E-state index in [9.17, 15) is 40.3 Å². The van der Waals surface area contributed by atoms with E-state index in [2.05, 4.69) is 4.74 Å². The molecule has 23 heavy (non-hydrogen) atoms. The van der Waals surface area contributed by atoms with E-state index in [1.54, 1.807) is 0 Å². The van der Waals surface area contributed by atoms with E-state index in [-0.39, 0.29) is 18.7 Å². The molecular weight excluding hydrogens is 337 g/mol. The van der Waals surface area contributed by atoms with Gasteiger partial charge in [0, 0.05) is 11.1 Å². The Labute approximate surface area is 125 Å². The third kappa shape index (κ3) is 3.45. The molecule has 1 rings (SSSR count). The highest BCUT2D eigenvalue weighted by Crippen LogP contribution is 2.53. The Morgan fingerprint density at radius 1 is 0.913 bits per heavy atom. The Kier molecular flexibility index (Phi) is 5.07. The molecule has 0 spiro atoms. The number of halogens is 7. The van der Waals surface area contributed by atoms with Crippen LogP contribution in [0.2, 0.25) is 0 Å². The molecule has 0 saturated heterocycles. The summed E-state index contributed by atoms with van der Waals surface area (Å²) < 4.78 is 93.3. The van der Waals surface area contributed by atoms with E-state index in [4.69, 9.17) is 0 Å². The van der Waals surface area contributed by atoms with Crippen molar-refractivity contribution in [3.8, 4) is 0 Å². The molecule has 0 bridgehead atoms. The molecule has 0 aliphatic carbocycles. The van der Waals surface area contributed by atoms with Crippen LogP contribution in [0.5, 0.6) is 0 Å². The highest BCUT2D eigenvalue weighted by Gasteiger charge is 2.73. The Balaban J connectivity index is 3.26. The Hall–Kier alpha value is -2.13. The molecule has 0 saturated carbocycles. The van der Waals surface area contributed by atoms with E-state index in [1.807, 2.05) is 0 Å². The molecule has 1 aromatic rings. The first-order valence-corrected chi connectivity index (χ1v) is 6.00. The number of Topliss-reactive ketones (excluding diaryl/α,β-unsaturated/α-hetero) is 1. The SMILES string of the molecule is CCOC(=O)C(=O)c1ccc(C(F)(C(F)(F)F)C(F)(F)F)cc1. The van der Waals surface area contributed by atoms with Crippen LogP contribution in [0.1, 0.15) is 22.8 Å². The van der Waals surface area contributed by atoms with Crippen molar-refractivity contribution in [3.05, 3.63) is 35.4 Å². The number of benzene rings is 1.